The van der Waals surface area contributed by atoms with Crippen LogP contribution in [0, 0.1) is 0 Å². The number of fused-ring (bicyclic) bond motifs is 1. The molecule has 2 heterocycles. The van der Waals surface area contributed by atoms with E-state index in [9.17, 15) is 4.79 Å². The molecule has 0 bridgehead atoms. The molecule has 1 aromatic heterocycles. The Bertz CT molecular complexity index is 876. The van der Waals surface area contributed by atoms with Gasteiger partial charge < -0.3 is 25.0 Å². The maximum atomic E-state index is 12.2. The number of allylic oxidation sites excluding steroid dienone is 1. The lowest BCUT2D eigenvalue weighted by Gasteiger charge is -2.34. The van der Waals surface area contributed by atoms with Gasteiger partial charge in [0.25, 0.3) is 0 Å². The van der Waals surface area contributed by atoms with Crippen molar-refractivity contribution >= 4 is 28.6 Å². The van der Waals surface area contributed by atoms with Gasteiger partial charge in [0.15, 0.2) is 11.5 Å². The fourth-order valence-electron chi connectivity index (χ4n) is 3.19. The van der Waals surface area contributed by atoms with Gasteiger partial charge in [-0.25, -0.2) is 4.98 Å². The molecule has 8 heteroatoms. The minimum Gasteiger partial charge on any atom is -0.493 e. The Morgan fingerprint density at radius 3 is 2.46 bits per heavy atom. The van der Waals surface area contributed by atoms with E-state index in [0.717, 1.165) is 18.2 Å². The van der Waals surface area contributed by atoms with Gasteiger partial charge in [-0.3, -0.25) is 4.79 Å². The Kier molecular flexibility index (Phi) is 6.18. The average Bonchev–Trinajstić information content (AvgIpc) is 2.73. The first-order valence-corrected chi connectivity index (χ1v) is 9.47. The van der Waals surface area contributed by atoms with Crippen LogP contribution in [0.5, 0.6) is 11.5 Å². The summed E-state index contributed by atoms with van der Waals surface area (Å²) in [5.74, 6) is 2.19. The summed E-state index contributed by atoms with van der Waals surface area (Å²) in [5, 5.41) is 0.719. The van der Waals surface area contributed by atoms with Crippen molar-refractivity contribution in [3.8, 4) is 11.5 Å². The second-order valence-electron chi connectivity index (χ2n) is 6.64. The first-order valence-electron chi connectivity index (χ1n) is 9.47. The first-order chi connectivity index (χ1) is 13.6. The fourth-order valence-corrected chi connectivity index (χ4v) is 3.19. The first kappa shape index (κ1) is 19.7. The van der Waals surface area contributed by atoms with Crippen LogP contribution in [0.4, 0.5) is 11.8 Å². The number of unbranched alkanes of at least 4 members (excludes halogenated alkanes) is 1. The minimum atomic E-state index is 0.0591. The van der Waals surface area contributed by atoms with Crippen LogP contribution >= 0.6 is 0 Å². The Labute approximate surface area is 164 Å². The van der Waals surface area contributed by atoms with E-state index < -0.39 is 0 Å². The molecule has 1 amide bonds. The van der Waals surface area contributed by atoms with Crippen molar-refractivity contribution in [2.45, 2.75) is 19.8 Å². The van der Waals surface area contributed by atoms with Crippen molar-refractivity contribution in [1.82, 2.24) is 14.9 Å². The van der Waals surface area contributed by atoms with Gasteiger partial charge in [0.05, 0.1) is 19.7 Å². The number of nitrogens with zero attached hydrogens (tertiary/aromatic N) is 4. The summed E-state index contributed by atoms with van der Waals surface area (Å²) >= 11 is 0. The molecule has 0 saturated carbocycles. The van der Waals surface area contributed by atoms with E-state index in [2.05, 4.69) is 16.9 Å². The van der Waals surface area contributed by atoms with E-state index in [0.29, 0.717) is 55.0 Å². The van der Waals surface area contributed by atoms with Gasteiger partial charge in [-0.1, -0.05) is 19.4 Å². The lowest BCUT2D eigenvalue weighted by Crippen LogP contribution is -2.48. The van der Waals surface area contributed by atoms with Gasteiger partial charge >= 0.3 is 0 Å². The SMILES string of the molecule is CCC/C=C/C(=O)N1CCN(c2nc(N)c3cc(OC)c(OC)cc3n2)CC1. The number of carbonyl (C=O) groups is 1. The lowest BCUT2D eigenvalue weighted by molar-refractivity contribution is -0.126. The molecule has 0 aliphatic carbocycles. The Morgan fingerprint density at radius 1 is 1.14 bits per heavy atom. The maximum Gasteiger partial charge on any atom is 0.246 e. The van der Waals surface area contributed by atoms with Crippen LogP contribution in [0.3, 0.4) is 0 Å². The zero-order valence-corrected chi connectivity index (χ0v) is 16.6. The van der Waals surface area contributed by atoms with Gasteiger partial charge in [-0.2, -0.15) is 4.98 Å². The molecule has 28 heavy (non-hydrogen) atoms. The predicted molar refractivity (Wildman–Crippen MR) is 110 cm³/mol. The molecule has 0 atom stereocenters. The number of nitrogens with two attached hydrogens (primary N) is 1. The highest BCUT2D eigenvalue weighted by Gasteiger charge is 2.22. The highest BCUT2D eigenvalue weighted by atomic mass is 16.5. The normalized spacial score (nSPS) is 14.7. The van der Waals surface area contributed by atoms with Gasteiger partial charge in [0.1, 0.15) is 5.82 Å². The van der Waals surface area contributed by atoms with E-state index in [4.69, 9.17) is 15.2 Å². The molecular formula is C20H27N5O3. The van der Waals surface area contributed by atoms with Gasteiger partial charge in [0, 0.05) is 37.6 Å². The smallest absolute Gasteiger partial charge is 0.246 e. The fraction of sp³-hybridized carbons (Fsp3) is 0.450. The molecular weight excluding hydrogens is 358 g/mol. The summed E-state index contributed by atoms with van der Waals surface area (Å²) in [5.41, 5.74) is 6.87. The third kappa shape index (κ3) is 4.11. The van der Waals surface area contributed by atoms with Crippen molar-refractivity contribution in [2.75, 3.05) is 51.0 Å². The van der Waals surface area contributed by atoms with E-state index >= 15 is 0 Å². The molecule has 0 unspecified atom stereocenters. The number of amides is 1. The molecule has 1 saturated heterocycles. The maximum absolute atomic E-state index is 12.2. The second-order valence-corrected chi connectivity index (χ2v) is 6.64. The number of carbonyl (C=O) groups excluding carboxylic acids is 1. The summed E-state index contributed by atoms with van der Waals surface area (Å²) in [6.07, 6.45) is 5.56. The number of ether oxygens (including phenoxy) is 2. The molecule has 0 spiro atoms. The molecule has 8 nitrogen and oxygen atoms in total. The molecule has 150 valence electrons. The Hall–Kier alpha value is -3.03. The van der Waals surface area contributed by atoms with Crippen molar-refractivity contribution in [3.05, 3.63) is 24.3 Å². The van der Waals surface area contributed by atoms with Crippen LogP contribution in [0.15, 0.2) is 24.3 Å². The Morgan fingerprint density at radius 2 is 1.82 bits per heavy atom. The third-order valence-electron chi connectivity index (χ3n) is 4.81. The summed E-state index contributed by atoms with van der Waals surface area (Å²) in [6.45, 7) is 4.66. The Balaban J connectivity index is 1.77. The number of benzene rings is 1. The second kappa shape index (κ2) is 8.77. The van der Waals surface area contributed by atoms with E-state index in [1.54, 1.807) is 32.4 Å². The molecule has 2 aromatic rings. The van der Waals surface area contributed by atoms with Gasteiger partial charge in [-0.05, 0) is 18.6 Å². The molecule has 1 fully saturated rings. The summed E-state index contributed by atoms with van der Waals surface area (Å²) < 4.78 is 10.7. The van der Waals surface area contributed by atoms with Crippen LogP contribution < -0.4 is 20.1 Å². The van der Waals surface area contributed by atoms with Crippen LogP contribution in [-0.2, 0) is 4.79 Å². The summed E-state index contributed by atoms with van der Waals surface area (Å²) in [4.78, 5) is 25.2. The van der Waals surface area contributed by atoms with Crippen molar-refractivity contribution in [1.29, 1.82) is 0 Å². The van der Waals surface area contributed by atoms with E-state index in [-0.39, 0.29) is 5.91 Å². The number of rotatable bonds is 6. The summed E-state index contributed by atoms with van der Waals surface area (Å²) in [6, 6.07) is 3.58. The van der Waals surface area contributed by atoms with E-state index in [1.807, 2.05) is 15.9 Å². The summed E-state index contributed by atoms with van der Waals surface area (Å²) in [7, 11) is 3.16. The molecule has 0 radical (unpaired) electrons. The van der Waals surface area contributed by atoms with Crippen LogP contribution in [0.2, 0.25) is 0 Å². The molecule has 1 aliphatic heterocycles. The van der Waals surface area contributed by atoms with E-state index in [1.165, 1.54) is 0 Å². The average molecular weight is 385 g/mol. The number of piperazine rings is 1. The number of anilines is 2. The van der Waals surface area contributed by atoms with Crippen LogP contribution in [-0.4, -0.2) is 61.2 Å². The molecule has 3 rings (SSSR count). The standard InChI is InChI=1S/C20H27N5O3/c1-4-5-6-7-18(26)24-8-10-25(11-9-24)20-22-15-13-17(28-3)16(27-2)12-14(15)19(21)23-20/h6-7,12-13H,4-5,8-11H2,1-3H3,(H2,21,22,23)/b7-6+. The minimum absolute atomic E-state index is 0.0591. The number of nitrogen functional groups attached to an aromatic ring is 1. The number of methoxy groups -OCH3 is 2. The van der Waals surface area contributed by atoms with Crippen molar-refractivity contribution in [2.24, 2.45) is 0 Å². The number of hydrogen-bond donors (Lipinski definition) is 1. The third-order valence-corrected chi connectivity index (χ3v) is 4.81. The van der Waals surface area contributed by atoms with Crippen molar-refractivity contribution < 1.29 is 14.3 Å². The molecule has 1 aliphatic rings. The van der Waals surface area contributed by atoms with Crippen LogP contribution in [0.1, 0.15) is 19.8 Å². The molecule has 1 aromatic carbocycles. The highest BCUT2D eigenvalue weighted by Crippen LogP contribution is 2.34. The van der Waals surface area contributed by atoms with Crippen LogP contribution in [0.25, 0.3) is 10.9 Å². The lowest BCUT2D eigenvalue weighted by atomic mass is 10.2. The monoisotopic (exact) mass is 385 g/mol. The molecule has 2 N–H and O–H groups in total. The van der Waals surface area contributed by atoms with Crippen molar-refractivity contribution in [3.63, 3.8) is 0 Å². The largest absolute Gasteiger partial charge is 0.493 e. The topological polar surface area (TPSA) is 93.8 Å². The zero-order chi connectivity index (χ0) is 20.1. The quantitative estimate of drug-likeness (QED) is 0.762. The number of hydrogen-bond acceptors (Lipinski definition) is 7. The van der Waals surface area contributed by atoms with Gasteiger partial charge in [0.2, 0.25) is 11.9 Å². The highest BCUT2D eigenvalue weighted by molar-refractivity contribution is 5.92. The predicted octanol–water partition coefficient (Wildman–Crippen LogP) is 2.23. The number of aromatic nitrogens is 2. The van der Waals surface area contributed by atoms with Gasteiger partial charge in [-0.15, -0.1) is 0 Å². The zero-order valence-electron chi connectivity index (χ0n) is 16.6.